The number of hydrogen-bond donors (Lipinski definition) is 3. The van der Waals surface area contributed by atoms with Crippen molar-refractivity contribution < 1.29 is 19.2 Å². The van der Waals surface area contributed by atoms with Gasteiger partial charge in [-0.25, -0.2) is 4.79 Å². The van der Waals surface area contributed by atoms with Gasteiger partial charge in [-0.15, -0.1) is 0 Å². The van der Waals surface area contributed by atoms with E-state index in [0.717, 1.165) is 10.6 Å². The number of nitrogens with zero attached hydrogens (tertiary/aromatic N) is 2. The van der Waals surface area contributed by atoms with Gasteiger partial charge in [0, 0.05) is 6.04 Å². The molecule has 29 heavy (non-hydrogen) atoms. The van der Waals surface area contributed by atoms with Crippen molar-refractivity contribution >= 4 is 23.8 Å². The number of carbonyl (C=O) groups excluding carboxylic acids is 4. The summed E-state index contributed by atoms with van der Waals surface area (Å²) in [7, 11) is 1.61. The zero-order valence-corrected chi connectivity index (χ0v) is 17.3. The van der Waals surface area contributed by atoms with Crippen LogP contribution in [-0.4, -0.2) is 65.4 Å². The Morgan fingerprint density at radius 1 is 1.14 bits per heavy atom. The van der Waals surface area contributed by atoms with Gasteiger partial charge in [0.25, 0.3) is 11.8 Å². The van der Waals surface area contributed by atoms with Crippen LogP contribution >= 0.6 is 0 Å². The molecule has 1 aromatic rings. The zero-order valence-electron chi connectivity index (χ0n) is 17.3. The predicted octanol–water partition coefficient (Wildman–Crippen LogP) is 0.417. The van der Waals surface area contributed by atoms with Crippen molar-refractivity contribution in [2.24, 2.45) is 0 Å². The summed E-state index contributed by atoms with van der Waals surface area (Å²) in [6.07, 6.45) is 1.02. The highest BCUT2D eigenvalue weighted by Crippen LogP contribution is 2.22. The monoisotopic (exact) mass is 403 g/mol. The topological polar surface area (TPSA) is 111 Å². The number of rotatable bonds is 9. The van der Waals surface area contributed by atoms with Gasteiger partial charge in [0.05, 0.1) is 13.1 Å². The molecule has 0 radical (unpaired) electrons. The first-order valence-electron chi connectivity index (χ1n) is 9.59. The Kier molecular flexibility index (Phi) is 7.33. The lowest BCUT2D eigenvalue weighted by molar-refractivity contribution is -0.139. The third-order valence-electron chi connectivity index (χ3n) is 4.53. The molecule has 1 aliphatic rings. The fourth-order valence-corrected chi connectivity index (χ4v) is 3.07. The van der Waals surface area contributed by atoms with E-state index in [-0.39, 0.29) is 25.0 Å². The molecular formula is C20H29N5O4. The van der Waals surface area contributed by atoms with Crippen molar-refractivity contribution in [2.45, 2.75) is 45.2 Å². The second-order valence-electron chi connectivity index (χ2n) is 7.82. The van der Waals surface area contributed by atoms with Gasteiger partial charge < -0.3 is 10.6 Å². The summed E-state index contributed by atoms with van der Waals surface area (Å²) in [5.74, 6) is -1.27. The molecule has 1 atom stereocenters. The number of benzene rings is 1. The number of urea groups is 1. The largest absolute Gasteiger partial charge is 0.353 e. The van der Waals surface area contributed by atoms with Gasteiger partial charge >= 0.3 is 6.03 Å². The van der Waals surface area contributed by atoms with Crippen LogP contribution in [-0.2, 0) is 20.8 Å². The zero-order chi connectivity index (χ0) is 21.6. The van der Waals surface area contributed by atoms with Crippen LogP contribution in [0.1, 0.15) is 32.8 Å². The minimum absolute atomic E-state index is 0.00390. The lowest BCUT2D eigenvalue weighted by Crippen LogP contribution is -2.51. The molecule has 0 aliphatic carbocycles. The van der Waals surface area contributed by atoms with Crippen molar-refractivity contribution in [3.05, 3.63) is 35.9 Å². The number of amides is 5. The number of likely N-dealkylation sites (N-methyl/N-ethyl adjacent to an activating group) is 1. The minimum atomic E-state index is -1.09. The molecule has 1 fully saturated rings. The number of carbonyl (C=O) groups is 4. The average Bonchev–Trinajstić information content (AvgIpc) is 2.83. The van der Waals surface area contributed by atoms with Crippen LogP contribution in [0.15, 0.2) is 30.3 Å². The molecule has 9 heteroatoms. The van der Waals surface area contributed by atoms with E-state index in [2.05, 4.69) is 16.1 Å². The maximum Gasteiger partial charge on any atom is 0.344 e. The maximum absolute atomic E-state index is 12.7. The molecule has 158 valence electrons. The van der Waals surface area contributed by atoms with Gasteiger partial charge in [-0.2, -0.15) is 5.01 Å². The van der Waals surface area contributed by atoms with Crippen LogP contribution in [0.25, 0.3) is 0 Å². The highest BCUT2D eigenvalue weighted by atomic mass is 16.2. The SMILES string of the molecule is CC(C)NC(=O)CN(C)CC(=O)NN1C(=O)NC(C)(CCc2ccccc2)C1=O. The standard InChI is InChI=1S/C20H29N5O4/c1-14(2)21-16(26)12-24(4)13-17(27)23-25-18(28)20(3,22-19(25)29)11-10-15-8-6-5-7-9-15/h5-9,14H,10-13H2,1-4H3,(H,21,26)(H,22,29)(H,23,27). The van der Waals surface area contributed by atoms with Gasteiger partial charge in [0.1, 0.15) is 5.54 Å². The number of hydrazine groups is 1. The Labute approximate surface area is 170 Å². The van der Waals surface area contributed by atoms with E-state index < -0.39 is 23.4 Å². The quantitative estimate of drug-likeness (QED) is 0.518. The Morgan fingerprint density at radius 2 is 1.76 bits per heavy atom. The van der Waals surface area contributed by atoms with Gasteiger partial charge in [0.15, 0.2) is 0 Å². The first kappa shape index (κ1) is 22.4. The van der Waals surface area contributed by atoms with E-state index in [0.29, 0.717) is 12.8 Å². The molecule has 5 amide bonds. The van der Waals surface area contributed by atoms with E-state index in [1.807, 2.05) is 44.2 Å². The first-order chi connectivity index (χ1) is 13.6. The molecule has 0 saturated carbocycles. The minimum Gasteiger partial charge on any atom is -0.353 e. The van der Waals surface area contributed by atoms with Crippen LogP contribution in [0.3, 0.4) is 0 Å². The summed E-state index contributed by atoms with van der Waals surface area (Å²) in [5, 5.41) is 6.11. The van der Waals surface area contributed by atoms with E-state index in [1.165, 1.54) is 4.90 Å². The third-order valence-corrected chi connectivity index (χ3v) is 4.53. The molecule has 3 N–H and O–H groups in total. The van der Waals surface area contributed by atoms with Crippen LogP contribution in [0.2, 0.25) is 0 Å². The summed E-state index contributed by atoms with van der Waals surface area (Å²) in [6.45, 7) is 5.22. The molecule has 0 spiro atoms. The molecule has 9 nitrogen and oxygen atoms in total. The Balaban J connectivity index is 1.88. The van der Waals surface area contributed by atoms with Crippen molar-refractivity contribution in [2.75, 3.05) is 20.1 Å². The molecule has 0 aromatic heterocycles. The lowest BCUT2D eigenvalue weighted by atomic mass is 9.93. The maximum atomic E-state index is 12.7. The van der Waals surface area contributed by atoms with Crippen LogP contribution in [0.5, 0.6) is 0 Å². The number of imide groups is 1. The molecule has 1 aliphatic heterocycles. The fraction of sp³-hybridized carbons (Fsp3) is 0.500. The van der Waals surface area contributed by atoms with E-state index in [4.69, 9.17) is 0 Å². The Bertz CT molecular complexity index is 767. The number of nitrogens with one attached hydrogen (secondary N) is 3. The number of hydrogen-bond acceptors (Lipinski definition) is 5. The van der Waals surface area contributed by atoms with Gasteiger partial charge in [-0.05, 0) is 46.2 Å². The molecular weight excluding hydrogens is 374 g/mol. The van der Waals surface area contributed by atoms with E-state index >= 15 is 0 Å². The summed E-state index contributed by atoms with van der Waals surface area (Å²) in [6, 6.07) is 8.98. The lowest BCUT2D eigenvalue weighted by Gasteiger charge is -2.22. The Morgan fingerprint density at radius 3 is 2.38 bits per heavy atom. The molecule has 1 unspecified atom stereocenters. The highest BCUT2D eigenvalue weighted by molar-refractivity contribution is 6.07. The molecule has 1 heterocycles. The smallest absolute Gasteiger partial charge is 0.344 e. The van der Waals surface area contributed by atoms with Crippen molar-refractivity contribution in [3.63, 3.8) is 0 Å². The summed E-state index contributed by atoms with van der Waals surface area (Å²) in [4.78, 5) is 50.5. The van der Waals surface area contributed by atoms with Gasteiger partial charge in [-0.1, -0.05) is 30.3 Å². The predicted molar refractivity (Wildman–Crippen MR) is 107 cm³/mol. The fourth-order valence-electron chi connectivity index (χ4n) is 3.07. The summed E-state index contributed by atoms with van der Waals surface area (Å²) in [5.41, 5.74) is 2.30. The normalized spacial score (nSPS) is 18.9. The van der Waals surface area contributed by atoms with Gasteiger partial charge in [0.2, 0.25) is 5.91 Å². The van der Waals surface area contributed by atoms with Crippen LogP contribution < -0.4 is 16.1 Å². The molecule has 0 bridgehead atoms. The van der Waals surface area contributed by atoms with Crippen molar-refractivity contribution in [3.8, 4) is 0 Å². The summed E-state index contributed by atoms with van der Waals surface area (Å²) < 4.78 is 0. The highest BCUT2D eigenvalue weighted by Gasteiger charge is 2.48. The second-order valence-corrected chi connectivity index (χ2v) is 7.82. The van der Waals surface area contributed by atoms with Crippen molar-refractivity contribution in [1.29, 1.82) is 0 Å². The molecule has 2 rings (SSSR count). The molecule has 1 aromatic carbocycles. The average molecular weight is 403 g/mol. The first-order valence-corrected chi connectivity index (χ1v) is 9.59. The van der Waals surface area contributed by atoms with E-state index in [9.17, 15) is 19.2 Å². The Hall–Kier alpha value is -2.94. The van der Waals surface area contributed by atoms with Crippen molar-refractivity contribution in [1.82, 2.24) is 26.0 Å². The second kappa shape index (κ2) is 9.51. The van der Waals surface area contributed by atoms with Crippen LogP contribution in [0, 0.1) is 0 Å². The third kappa shape index (κ3) is 6.28. The van der Waals surface area contributed by atoms with E-state index in [1.54, 1.807) is 14.0 Å². The number of aryl methyl sites for hydroxylation is 1. The van der Waals surface area contributed by atoms with Crippen LogP contribution in [0.4, 0.5) is 4.79 Å². The molecule has 1 saturated heterocycles. The summed E-state index contributed by atoms with van der Waals surface area (Å²) >= 11 is 0. The van der Waals surface area contributed by atoms with Gasteiger partial charge in [-0.3, -0.25) is 24.7 Å².